The van der Waals surface area contributed by atoms with E-state index >= 15 is 0 Å². The summed E-state index contributed by atoms with van der Waals surface area (Å²) >= 11 is 3.36. The van der Waals surface area contributed by atoms with Gasteiger partial charge in [-0.05, 0) is 54.5 Å². The molecule has 0 aliphatic carbocycles. The standard InChI is InChI=1S/C14H22BrN3O2S/c1-14(2)10-18(7-6-17(14)3)21(19,20)13-5-4-11(9-16)8-12(13)15/h4-5,8H,6-7,9-10,16H2,1-3H3. The first-order chi connectivity index (χ1) is 9.68. The van der Waals surface area contributed by atoms with Gasteiger partial charge in [0.2, 0.25) is 10.0 Å². The van der Waals surface area contributed by atoms with Gasteiger partial charge in [-0.1, -0.05) is 6.07 Å². The molecule has 1 aliphatic rings. The second-order valence-electron chi connectivity index (χ2n) is 6.04. The van der Waals surface area contributed by atoms with Crippen molar-refractivity contribution < 1.29 is 8.42 Å². The fourth-order valence-electron chi connectivity index (χ4n) is 2.42. The minimum absolute atomic E-state index is 0.172. The first-order valence-corrected chi connectivity index (χ1v) is 9.11. The maximum Gasteiger partial charge on any atom is 0.244 e. The topological polar surface area (TPSA) is 66.6 Å². The van der Waals surface area contributed by atoms with Crippen molar-refractivity contribution >= 4 is 26.0 Å². The smallest absolute Gasteiger partial charge is 0.244 e. The Balaban J connectivity index is 2.35. The summed E-state index contributed by atoms with van der Waals surface area (Å²) in [7, 11) is -1.47. The van der Waals surface area contributed by atoms with Gasteiger partial charge >= 0.3 is 0 Å². The van der Waals surface area contributed by atoms with E-state index in [0.29, 0.717) is 29.0 Å². The lowest BCUT2D eigenvalue weighted by molar-refractivity contribution is 0.0801. The highest BCUT2D eigenvalue weighted by atomic mass is 79.9. The molecule has 7 heteroatoms. The van der Waals surface area contributed by atoms with Crippen LogP contribution < -0.4 is 5.73 Å². The highest BCUT2D eigenvalue weighted by Crippen LogP contribution is 2.29. The normalized spacial score (nSPS) is 20.6. The predicted molar refractivity (Wildman–Crippen MR) is 87.5 cm³/mol. The molecule has 0 radical (unpaired) electrons. The molecular formula is C14H22BrN3O2S. The Kier molecular flexibility index (Phi) is 4.80. The zero-order valence-electron chi connectivity index (χ0n) is 12.6. The molecule has 1 aliphatic heterocycles. The van der Waals surface area contributed by atoms with Crippen LogP contribution in [0.3, 0.4) is 0 Å². The third-order valence-electron chi connectivity index (χ3n) is 4.13. The molecule has 1 heterocycles. The lowest BCUT2D eigenvalue weighted by atomic mass is 10.0. The first kappa shape index (κ1) is 16.9. The van der Waals surface area contributed by atoms with E-state index in [1.165, 1.54) is 0 Å². The van der Waals surface area contributed by atoms with Crippen molar-refractivity contribution in [1.29, 1.82) is 0 Å². The molecule has 0 spiro atoms. The molecule has 2 N–H and O–H groups in total. The van der Waals surface area contributed by atoms with E-state index in [-0.39, 0.29) is 5.54 Å². The number of halogens is 1. The number of hydrogen-bond donors (Lipinski definition) is 1. The summed E-state index contributed by atoms with van der Waals surface area (Å²) in [5, 5.41) is 0. The van der Waals surface area contributed by atoms with Crippen LogP contribution in [-0.4, -0.2) is 49.8 Å². The van der Waals surface area contributed by atoms with Crippen LogP contribution >= 0.6 is 15.9 Å². The second kappa shape index (κ2) is 5.96. The van der Waals surface area contributed by atoms with Crippen LogP contribution in [0.2, 0.25) is 0 Å². The van der Waals surface area contributed by atoms with E-state index in [0.717, 1.165) is 12.1 Å². The molecule has 5 nitrogen and oxygen atoms in total. The molecule has 0 unspecified atom stereocenters. The second-order valence-corrected chi connectivity index (χ2v) is 8.80. The quantitative estimate of drug-likeness (QED) is 0.871. The van der Waals surface area contributed by atoms with Crippen LogP contribution in [0.4, 0.5) is 0 Å². The third-order valence-corrected chi connectivity index (χ3v) is 6.95. The summed E-state index contributed by atoms with van der Waals surface area (Å²) in [6.07, 6.45) is 0. The highest BCUT2D eigenvalue weighted by molar-refractivity contribution is 9.10. The van der Waals surface area contributed by atoms with Gasteiger partial charge in [-0.3, -0.25) is 4.90 Å². The van der Waals surface area contributed by atoms with E-state index < -0.39 is 10.0 Å². The molecule has 1 aromatic rings. The monoisotopic (exact) mass is 375 g/mol. The number of nitrogens with two attached hydrogens (primary N) is 1. The Bertz CT molecular complexity index is 631. The third kappa shape index (κ3) is 3.32. The predicted octanol–water partition coefficient (Wildman–Crippen LogP) is 1.62. The Hall–Kier alpha value is -0.470. The summed E-state index contributed by atoms with van der Waals surface area (Å²) in [6, 6.07) is 5.17. The fraction of sp³-hybridized carbons (Fsp3) is 0.571. The van der Waals surface area contributed by atoms with Crippen LogP contribution in [0.15, 0.2) is 27.6 Å². The van der Waals surface area contributed by atoms with E-state index in [2.05, 4.69) is 34.7 Å². The number of benzene rings is 1. The molecular weight excluding hydrogens is 354 g/mol. The van der Waals surface area contributed by atoms with Crippen molar-refractivity contribution in [2.24, 2.45) is 5.73 Å². The molecule has 0 aromatic heterocycles. The molecule has 0 atom stereocenters. The molecule has 0 amide bonds. The molecule has 21 heavy (non-hydrogen) atoms. The summed E-state index contributed by atoms with van der Waals surface area (Å²) in [5.41, 5.74) is 6.32. The zero-order chi connectivity index (χ0) is 15.8. The minimum atomic E-state index is -3.49. The zero-order valence-corrected chi connectivity index (χ0v) is 15.0. The Morgan fingerprint density at radius 1 is 1.33 bits per heavy atom. The molecule has 0 saturated carbocycles. The highest BCUT2D eigenvalue weighted by Gasteiger charge is 2.37. The van der Waals surface area contributed by atoms with Crippen LogP contribution in [0.5, 0.6) is 0 Å². The first-order valence-electron chi connectivity index (χ1n) is 6.88. The molecule has 1 fully saturated rings. The van der Waals surface area contributed by atoms with E-state index in [4.69, 9.17) is 5.73 Å². The average molecular weight is 376 g/mol. The number of likely N-dealkylation sites (N-methyl/N-ethyl adjacent to an activating group) is 1. The van der Waals surface area contributed by atoms with Gasteiger partial charge in [0.1, 0.15) is 0 Å². The molecule has 1 aromatic carbocycles. The van der Waals surface area contributed by atoms with Gasteiger partial charge in [-0.2, -0.15) is 4.31 Å². The molecule has 0 bridgehead atoms. The number of hydrogen-bond acceptors (Lipinski definition) is 4. The number of sulfonamides is 1. The SMILES string of the molecule is CN1CCN(S(=O)(=O)c2ccc(CN)cc2Br)CC1(C)C. The maximum absolute atomic E-state index is 12.8. The summed E-state index contributed by atoms with van der Waals surface area (Å²) in [5.74, 6) is 0. The van der Waals surface area contributed by atoms with Gasteiger partial charge in [0.15, 0.2) is 0 Å². The van der Waals surface area contributed by atoms with Crippen molar-refractivity contribution in [3.8, 4) is 0 Å². The van der Waals surface area contributed by atoms with Gasteiger partial charge in [-0.25, -0.2) is 8.42 Å². The Labute approximate surface area is 135 Å². The van der Waals surface area contributed by atoms with Crippen LogP contribution in [0.25, 0.3) is 0 Å². The van der Waals surface area contributed by atoms with Crippen molar-refractivity contribution in [2.45, 2.75) is 30.8 Å². The molecule has 118 valence electrons. The van der Waals surface area contributed by atoms with Gasteiger partial charge in [0.05, 0.1) is 4.90 Å². The van der Waals surface area contributed by atoms with E-state index in [1.807, 2.05) is 7.05 Å². The van der Waals surface area contributed by atoms with Crippen molar-refractivity contribution in [3.63, 3.8) is 0 Å². The largest absolute Gasteiger partial charge is 0.326 e. The van der Waals surface area contributed by atoms with Crippen molar-refractivity contribution in [1.82, 2.24) is 9.21 Å². The average Bonchev–Trinajstić information content (AvgIpc) is 2.41. The van der Waals surface area contributed by atoms with Gasteiger partial charge in [-0.15, -0.1) is 0 Å². The molecule has 1 saturated heterocycles. The number of rotatable bonds is 3. The van der Waals surface area contributed by atoms with Gasteiger partial charge in [0.25, 0.3) is 0 Å². The van der Waals surface area contributed by atoms with Crippen LogP contribution in [0, 0.1) is 0 Å². The van der Waals surface area contributed by atoms with Crippen LogP contribution in [-0.2, 0) is 16.6 Å². The van der Waals surface area contributed by atoms with Gasteiger partial charge in [0, 0.05) is 36.2 Å². The Morgan fingerprint density at radius 3 is 2.52 bits per heavy atom. The summed E-state index contributed by atoms with van der Waals surface area (Å²) in [4.78, 5) is 2.49. The fourth-order valence-corrected chi connectivity index (χ4v) is 5.09. The van der Waals surface area contributed by atoms with Gasteiger partial charge < -0.3 is 5.73 Å². The molecule has 2 rings (SSSR count). The van der Waals surface area contributed by atoms with E-state index in [1.54, 1.807) is 22.5 Å². The van der Waals surface area contributed by atoms with Crippen molar-refractivity contribution in [3.05, 3.63) is 28.2 Å². The maximum atomic E-state index is 12.8. The van der Waals surface area contributed by atoms with Crippen molar-refractivity contribution in [2.75, 3.05) is 26.7 Å². The Morgan fingerprint density at radius 2 is 2.00 bits per heavy atom. The lowest BCUT2D eigenvalue weighted by Crippen LogP contribution is -2.58. The van der Waals surface area contributed by atoms with E-state index in [9.17, 15) is 8.42 Å². The number of nitrogens with zero attached hydrogens (tertiary/aromatic N) is 2. The van der Waals surface area contributed by atoms with Crippen LogP contribution in [0.1, 0.15) is 19.4 Å². The minimum Gasteiger partial charge on any atom is -0.326 e. The number of piperazine rings is 1. The summed E-state index contributed by atoms with van der Waals surface area (Å²) < 4.78 is 27.8. The summed E-state index contributed by atoms with van der Waals surface area (Å²) in [6.45, 7) is 6.22. The lowest BCUT2D eigenvalue weighted by Gasteiger charge is -2.44.